The lowest BCUT2D eigenvalue weighted by Crippen LogP contribution is -2.01. The smallest absolute Gasteiger partial charge is 0.335 e. The second-order valence-electron chi connectivity index (χ2n) is 5.00. The number of nitrogens with zero attached hydrogens (tertiary/aromatic N) is 4. The summed E-state index contributed by atoms with van der Waals surface area (Å²) in [5.74, 6) is -0.0503. The zero-order valence-electron chi connectivity index (χ0n) is 12.2. The number of carbonyl (C=O) groups is 1. The van der Waals surface area contributed by atoms with Gasteiger partial charge in [0.05, 0.1) is 28.0 Å². The minimum Gasteiger partial charge on any atom is -0.478 e. The van der Waals surface area contributed by atoms with E-state index in [4.69, 9.17) is 5.11 Å². The number of rotatable bonds is 3. The highest BCUT2D eigenvalue weighted by atomic mass is 16.4. The summed E-state index contributed by atoms with van der Waals surface area (Å²) in [7, 11) is 1.88. The van der Waals surface area contributed by atoms with Crippen molar-refractivity contribution >= 4 is 17.0 Å². The van der Waals surface area contributed by atoms with Crippen molar-refractivity contribution in [2.75, 3.05) is 0 Å². The van der Waals surface area contributed by atoms with E-state index in [1.807, 2.05) is 31.7 Å². The van der Waals surface area contributed by atoms with Gasteiger partial charge in [-0.1, -0.05) is 6.92 Å². The highest BCUT2D eigenvalue weighted by Gasteiger charge is 2.16. The molecule has 21 heavy (non-hydrogen) atoms. The van der Waals surface area contributed by atoms with Gasteiger partial charge in [0.2, 0.25) is 0 Å². The number of fused-ring (bicyclic) bond motifs is 1. The summed E-state index contributed by atoms with van der Waals surface area (Å²) in [4.78, 5) is 15.6. The predicted molar refractivity (Wildman–Crippen MR) is 78.9 cm³/mol. The Morgan fingerprint density at radius 1 is 1.38 bits per heavy atom. The van der Waals surface area contributed by atoms with Crippen LogP contribution < -0.4 is 0 Å². The fourth-order valence-corrected chi connectivity index (χ4v) is 2.58. The molecule has 2 heterocycles. The normalized spacial score (nSPS) is 11.2. The third-order valence-corrected chi connectivity index (χ3v) is 3.52. The van der Waals surface area contributed by atoms with Gasteiger partial charge < -0.3 is 5.11 Å². The minimum atomic E-state index is -0.943. The van der Waals surface area contributed by atoms with Crippen molar-refractivity contribution in [1.82, 2.24) is 19.3 Å². The van der Waals surface area contributed by atoms with E-state index >= 15 is 0 Å². The number of carboxylic acids is 1. The number of aromatic carboxylic acids is 1. The zero-order chi connectivity index (χ0) is 15.1. The lowest BCUT2D eigenvalue weighted by molar-refractivity contribution is 0.0697. The second kappa shape index (κ2) is 4.73. The molecule has 3 aromatic rings. The fraction of sp³-hybridized carbons (Fsp3) is 0.267. The maximum atomic E-state index is 11.1. The summed E-state index contributed by atoms with van der Waals surface area (Å²) in [6.07, 6.45) is 2.70. The van der Waals surface area contributed by atoms with Crippen LogP contribution in [0.5, 0.6) is 0 Å². The summed E-state index contributed by atoms with van der Waals surface area (Å²) in [5, 5.41) is 13.5. The topological polar surface area (TPSA) is 72.9 Å². The largest absolute Gasteiger partial charge is 0.478 e. The maximum absolute atomic E-state index is 11.1. The molecule has 0 fully saturated rings. The summed E-state index contributed by atoms with van der Waals surface area (Å²) in [6, 6.07) is 5.02. The maximum Gasteiger partial charge on any atom is 0.335 e. The van der Waals surface area contributed by atoms with E-state index in [-0.39, 0.29) is 5.56 Å². The van der Waals surface area contributed by atoms with Crippen LogP contribution in [-0.2, 0) is 13.5 Å². The van der Waals surface area contributed by atoms with Crippen LogP contribution in [0.25, 0.3) is 16.7 Å². The van der Waals surface area contributed by atoms with Gasteiger partial charge >= 0.3 is 5.97 Å². The Bertz CT molecular complexity index is 845. The summed E-state index contributed by atoms with van der Waals surface area (Å²) in [6.45, 7) is 3.98. The van der Waals surface area contributed by atoms with E-state index in [0.29, 0.717) is 5.52 Å². The van der Waals surface area contributed by atoms with Crippen LogP contribution in [0.3, 0.4) is 0 Å². The molecule has 0 unspecified atom stereocenters. The van der Waals surface area contributed by atoms with Gasteiger partial charge in [0, 0.05) is 19.7 Å². The standard InChI is InChI=1S/C15H16N4O2/c1-4-14-16-11-7-10(15(20)21)5-6-12(11)19(14)13-8-18(3)17-9(13)2/h5-8H,4H2,1-3H3,(H,20,21). The highest BCUT2D eigenvalue weighted by Crippen LogP contribution is 2.24. The number of imidazole rings is 1. The highest BCUT2D eigenvalue weighted by molar-refractivity contribution is 5.92. The molecule has 6 heteroatoms. The molecule has 108 valence electrons. The third kappa shape index (κ3) is 2.08. The molecule has 0 saturated carbocycles. The van der Waals surface area contributed by atoms with Crippen LogP contribution in [-0.4, -0.2) is 30.4 Å². The van der Waals surface area contributed by atoms with Crippen molar-refractivity contribution < 1.29 is 9.90 Å². The molecule has 0 saturated heterocycles. The molecule has 0 atom stereocenters. The zero-order valence-corrected chi connectivity index (χ0v) is 12.2. The quantitative estimate of drug-likeness (QED) is 0.801. The first-order valence-corrected chi connectivity index (χ1v) is 6.76. The van der Waals surface area contributed by atoms with E-state index < -0.39 is 5.97 Å². The van der Waals surface area contributed by atoms with E-state index in [1.165, 1.54) is 0 Å². The van der Waals surface area contributed by atoms with Gasteiger partial charge in [-0.2, -0.15) is 5.10 Å². The van der Waals surface area contributed by atoms with Crippen LogP contribution in [0, 0.1) is 6.92 Å². The van der Waals surface area contributed by atoms with Gasteiger partial charge in [0.1, 0.15) is 5.82 Å². The molecule has 0 bridgehead atoms. The first kappa shape index (κ1) is 13.4. The van der Waals surface area contributed by atoms with Crippen molar-refractivity contribution in [1.29, 1.82) is 0 Å². The van der Waals surface area contributed by atoms with Crippen molar-refractivity contribution in [2.45, 2.75) is 20.3 Å². The van der Waals surface area contributed by atoms with Crippen molar-refractivity contribution in [3.8, 4) is 5.69 Å². The lowest BCUT2D eigenvalue weighted by atomic mass is 10.2. The summed E-state index contributed by atoms with van der Waals surface area (Å²) < 4.78 is 3.81. The molecule has 1 N–H and O–H groups in total. The van der Waals surface area contributed by atoms with Crippen molar-refractivity contribution in [3.05, 3.63) is 41.5 Å². The minimum absolute atomic E-state index is 0.248. The molecule has 6 nitrogen and oxygen atoms in total. The number of aromatic nitrogens is 4. The Morgan fingerprint density at radius 2 is 2.14 bits per heavy atom. The van der Waals surface area contributed by atoms with Crippen LogP contribution >= 0.6 is 0 Å². The number of hydrogen-bond acceptors (Lipinski definition) is 3. The van der Waals surface area contributed by atoms with Crippen LogP contribution in [0.4, 0.5) is 0 Å². The molecule has 3 rings (SSSR count). The predicted octanol–water partition coefficient (Wildman–Crippen LogP) is 2.33. The Balaban J connectivity index is 2.31. The monoisotopic (exact) mass is 284 g/mol. The first-order valence-electron chi connectivity index (χ1n) is 6.76. The SMILES string of the molecule is CCc1nc2cc(C(=O)O)ccc2n1-c1cn(C)nc1C. The fourth-order valence-electron chi connectivity index (χ4n) is 2.58. The molecule has 0 radical (unpaired) electrons. The molecule has 0 aliphatic carbocycles. The molecule has 0 aliphatic heterocycles. The molecule has 0 amide bonds. The van der Waals surface area contributed by atoms with Crippen LogP contribution in [0.1, 0.15) is 28.8 Å². The Kier molecular flexibility index (Phi) is 3.01. The summed E-state index contributed by atoms with van der Waals surface area (Å²) >= 11 is 0. The third-order valence-electron chi connectivity index (χ3n) is 3.52. The van der Waals surface area contributed by atoms with E-state index in [9.17, 15) is 4.79 Å². The van der Waals surface area contributed by atoms with Gasteiger partial charge in [-0.15, -0.1) is 0 Å². The number of hydrogen-bond donors (Lipinski definition) is 1. The van der Waals surface area contributed by atoms with Gasteiger partial charge in [0.25, 0.3) is 0 Å². The van der Waals surface area contributed by atoms with Gasteiger partial charge in [-0.25, -0.2) is 9.78 Å². The average molecular weight is 284 g/mol. The van der Waals surface area contributed by atoms with Gasteiger partial charge in [-0.05, 0) is 25.1 Å². The Hall–Kier alpha value is -2.63. The van der Waals surface area contributed by atoms with Crippen LogP contribution in [0.15, 0.2) is 24.4 Å². The number of aryl methyl sites for hydroxylation is 3. The molecule has 0 spiro atoms. The number of benzene rings is 1. The lowest BCUT2D eigenvalue weighted by Gasteiger charge is -2.06. The van der Waals surface area contributed by atoms with Crippen LogP contribution in [0.2, 0.25) is 0 Å². The van der Waals surface area contributed by atoms with Crippen molar-refractivity contribution in [2.24, 2.45) is 7.05 Å². The Labute approximate surface area is 121 Å². The van der Waals surface area contributed by atoms with E-state index in [2.05, 4.69) is 10.1 Å². The van der Waals surface area contributed by atoms with Crippen molar-refractivity contribution in [3.63, 3.8) is 0 Å². The first-order chi connectivity index (χ1) is 10.0. The Morgan fingerprint density at radius 3 is 2.71 bits per heavy atom. The molecular formula is C15H16N4O2. The molecule has 0 aliphatic rings. The van der Waals surface area contributed by atoms with Gasteiger partial charge in [0.15, 0.2) is 0 Å². The second-order valence-corrected chi connectivity index (χ2v) is 5.00. The van der Waals surface area contributed by atoms with Gasteiger partial charge in [-0.3, -0.25) is 9.25 Å². The van der Waals surface area contributed by atoms with E-state index in [1.54, 1.807) is 22.9 Å². The molecular weight excluding hydrogens is 268 g/mol. The summed E-state index contributed by atoms with van der Waals surface area (Å²) in [5.41, 5.74) is 3.72. The number of carboxylic acid groups (broad SMARTS) is 1. The molecule has 2 aromatic heterocycles. The molecule has 1 aromatic carbocycles. The van der Waals surface area contributed by atoms with E-state index in [0.717, 1.165) is 29.1 Å². The average Bonchev–Trinajstić information content (AvgIpc) is 2.96.